The van der Waals surface area contributed by atoms with Gasteiger partial charge in [0.15, 0.2) is 11.4 Å². The fraction of sp³-hybridized carbons (Fsp3) is 0.750. The van der Waals surface area contributed by atoms with Crippen molar-refractivity contribution in [2.45, 2.75) is 155 Å². The number of amides is 2. The third kappa shape index (κ3) is 12.4. The molecule has 0 unspecified atom stereocenters. The van der Waals surface area contributed by atoms with E-state index in [1.807, 2.05) is 41.3 Å². The lowest BCUT2D eigenvalue weighted by Crippen LogP contribution is -2.44. The Labute approximate surface area is 301 Å². The molecule has 1 N–H and O–H groups in total. The fourth-order valence-electron chi connectivity index (χ4n) is 7.35. The molecule has 1 atom stereocenters. The van der Waals surface area contributed by atoms with Gasteiger partial charge in [-0.3, -0.25) is 4.68 Å². The van der Waals surface area contributed by atoms with Crippen LogP contribution in [0.3, 0.4) is 0 Å². The third-order valence-electron chi connectivity index (χ3n) is 10.0. The molecule has 2 fully saturated rings. The standard InChI is InChI=1S/C40H65N5O5/c1-38(2,3)49-36(46)45(37(47)50-39(4,5)6)27-19-11-9-7-8-10-18-26-43-28-24-32(25-29-43)30-44-31-41-35(42-44)40(48,33-20-14-12-15-21-33)34-22-16-13-17-23-34/h12,14-15,20-21,31-32,34,48H,7-11,13,16-19,22-30H2,1-6H3/t40-/m0/s1. The minimum Gasteiger partial charge on any atom is -0.443 e. The minimum absolute atomic E-state index is 0.144. The summed E-state index contributed by atoms with van der Waals surface area (Å²) in [4.78, 5) is 33.7. The van der Waals surface area contributed by atoms with Crippen molar-refractivity contribution in [2.75, 3.05) is 26.2 Å². The predicted octanol–water partition coefficient (Wildman–Crippen LogP) is 8.71. The van der Waals surface area contributed by atoms with Gasteiger partial charge < -0.3 is 19.5 Å². The molecule has 10 nitrogen and oxygen atoms in total. The van der Waals surface area contributed by atoms with Crippen LogP contribution in [0.15, 0.2) is 36.7 Å². The molecule has 1 saturated heterocycles. The molecule has 2 aliphatic rings. The Bertz CT molecular complexity index is 1280. The third-order valence-corrected chi connectivity index (χ3v) is 10.0. The maximum absolute atomic E-state index is 12.7. The average molecular weight is 696 g/mol. The average Bonchev–Trinajstić information content (AvgIpc) is 3.54. The number of aliphatic hydroxyl groups is 1. The van der Waals surface area contributed by atoms with Crippen LogP contribution in [-0.2, 0) is 21.6 Å². The molecule has 4 rings (SSSR count). The molecule has 1 aliphatic heterocycles. The second kappa shape index (κ2) is 18.5. The van der Waals surface area contributed by atoms with E-state index in [2.05, 4.69) is 4.90 Å². The van der Waals surface area contributed by atoms with Crippen LogP contribution in [0.1, 0.15) is 143 Å². The number of benzene rings is 1. The summed E-state index contributed by atoms with van der Waals surface area (Å²) in [5.41, 5.74) is -1.59. The first kappa shape index (κ1) is 39.8. The molecule has 0 bridgehead atoms. The van der Waals surface area contributed by atoms with Crippen LogP contribution in [0.25, 0.3) is 0 Å². The van der Waals surface area contributed by atoms with Crippen molar-refractivity contribution < 1.29 is 24.2 Å². The molecule has 0 radical (unpaired) electrons. The Morgan fingerprint density at radius 2 is 1.36 bits per heavy atom. The van der Waals surface area contributed by atoms with E-state index in [0.717, 1.165) is 101 Å². The summed E-state index contributed by atoms with van der Waals surface area (Å²) in [5.74, 6) is 1.27. The zero-order valence-corrected chi connectivity index (χ0v) is 31.9. The SMILES string of the molecule is CC(C)(C)OC(=O)N(CCCCCCCCCN1CCC(Cn2cnc([C@](O)(c3ccccc3)C3CCCCC3)n2)CC1)C(=O)OC(C)(C)C. The number of carbonyl (C=O) groups excluding carboxylic acids is 2. The van der Waals surface area contributed by atoms with Crippen LogP contribution in [0.2, 0.25) is 0 Å². The van der Waals surface area contributed by atoms with E-state index in [0.29, 0.717) is 18.3 Å². The van der Waals surface area contributed by atoms with E-state index in [9.17, 15) is 14.7 Å². The lowest BCUT2D eigenvalue weighted by atomic mass is 9.73. The Balaban J connectivity index is 1.11. The number of aromatic nitrogens is 3. The van der Waals surface area contributed by atoms with Gasteiger partial charge in [0, 0.05) is 13.1 Å². The molecule has 2 aromatic rings. The van der Waals surface area contributed by atoms with Gasteiger partial charge >= 0.3 is 12.2 Å². The van der Waals surface area contributed by atoms with Crippen molar-refractivity contribution in [1.29, 1.82) is 0 Å². The van der Waals surface area contributed by atoms with E-state index in [1.54, 1.807) is 41.5 Å². The number of imide groups is 1. The first-order chi connectivity index (χ1) is 23.7. The van der Waals surface area contributed by atoms with Crippen LogP contribution in [0, 0.1) is 11.8 Å². The van der Waals surface area contributed by atoms with Crippen LogP contribution >= 0.6 is 0 Å². The number of hydrogen-bond acceptors (Lipinski definition) is 8. The van der Waals surface area contributed by atoms with E-state index < -0.39 is 29.0 Å². The topological polar surface area (TPSA) is 110 Å². The summed E-state index contributed by atoms with van der Waals surface area (Å²) >= 11 is 0. The number of rotatable bonds is 15. The summed E-state index contributed by atoms with van der Waals surface area (Å²) in [7, 11) is 0. The van der Waals surface area contributed by atoms with Gasteiger partial charge in [-0.15, -0.1) is 0 Å². The number of nitrogens with zero attached hydrogens (tertiary/aromatic N) is 5. The molecule has 1 aromatic carbocycles. The number of unbranched alkanes of at least 4 members (excludes halogenated alkanes) is 6. The number of likely N-dealkylation sites (tertiary alicyclic amines) is 1. The van der Waals surface area contributed by atoms with Gasteiger partial charge in [-0.2, -0.15) is 5.10 Å². The molecular weight excluding hydrogens is 630 g/mol. The maximum atomic E-state index is 12.7. The first-order valence-electron chi connectivity index (χ1n) is 19.4. The highest BCUT2D eigenvalue weighted by Crippen LogP contribution is 2.42. The largest absolute Gasteiger partial charge is 0.443 e. The van der Waals surface area contributed by atoms with Crippen molar-refractivity contribution in [3.8, 4) is 0 Å². The van der Waals surface area contributed by atoms with Gasteiger partial charge in [0.2, 0.25) is 0 Å². The number of ether oxygens (including phenoxy) is 2. The second-order valence-electron chi connectivity index (χ2n) is 16.6. The summed E-state index contributed by atoms with van der Waals surface area (Å²) in [6.07, 6.45) is 15.9. The normalized spacial score (nSPS) is 18.1. The highest BCUT2D eigenvalue weighted by molar-refractivity contribution is 5.88. The molecule has 1 aromatic heterocycles. The zero-order chi connectivity index (χ0) is 36.2. The van der Waals surface area contributed by atoms with Crippen molar-refractivity contribution in [1.82, 2.24) is 24.6 Å². The van der Waals surface area contributed by atoms with Crippen molar-refractivity contribution in [3.63, 3.8) is 0 Å². The summed E-state index contributed by atoms with van der Waals surface area (Å²) in [6, 6.07) is 10.0. The Morgan fingerprint density at radius 3 is 1.94 bits per heavy atom. The lowest BCUT2D eigenvalue weighted by Gasteiger charge is -2.37. The van der Waals surface area contributed by atoms with E-state index in [4.69, 9.17) is 19.6 Å². The number of piperidine rings is 1. The Morgan fingerprint density at radius 1 is 0.800 bits per heavy atom. The Hall–Kier alpha value is -2.98. The molecule has 280 valence electrons. The summed E-state index contributed by atoms with van der Waals surface area (Å²) in [5, 5.41) is 17.0. The van der Waals surface area contributed by atoms with Crippen molar-refractivity contribution in [3.05, 3.63) is 48.0 Å². The predicted molar refractivity (Wildman–Crippen MR) is 197 cm³/mol. The lowest BCUT2D eigenvalue weighted by molar-refractivity contribution is -0.00868. The van der Waals surface area contributed by atoms with Gasteiger partial charge in [-0.25, -0.2) is 19.5 Å². The summed E-state index contributed by atoms with van der Waals surface area (Å²) < 4.78 is 12.9. The first-order valence-corrected chi connectivity index (χ1v) is 19.4. The van der Waals surface area contributed by atoms with Gasteiger partial charge in [-0.1, -0.05) is 81.7 Å². The molecule has 1 aliphatic carbocycles. The maximum Gasteiger partial charge on any atom is 0.419 e. The van der Waals surface area contributed by atoms with Gasteiger partial charge in [0.1, 0.15) is 17.5 Å². The van der Waals surface area contributed by atoms with Gasteiger partial charge in [-0.05, 0) is 117 Å². The summed E-state index contributed by atoms with van der Waals surface area (Å²) in [6.45, 7) is 15.3. The van der Waals surface area contributed by atoms with Crippen LogP contribution in [0.4, 0.5) is 9.59 Å². The Kier molecular flexibility index (Phi) is 14.7. The second-order valence-corrected chi connectivity index (χ2v) is 16.6. The molecule has 2 heterocycles. The molecule has 2 amide bonds. The number of hydrogen-bond donors (Lipinski definition) is 1. The zero-order valence-electron chi connectivity index (χ0n) is 31.9. The van der Waals surface area contributed by atoms with E-state index in [-0.39, 0.29) is 5.92 Å². The van der Waals surface area contributed by atoms with Crippen LogP contribution in [0.5, 0.6) is 0 Å². The minimum atomic E-state index is -1.14. The molecule has 1 saturated carbocycles. The molecule has 0 spiro atoms. The fourth-order valence-corrected chi connectivity index (χ4v) is 7.35. The van der Waals surface area contributed by atoms with Crippen molar-refractivity contribution >= 4 is 12.2 Å². The van der Waals surface area contributed by atoms with Gasteiger partial charge in [0.25, 0.3) is 0 Å². The molecular formula is C40H65N5O5. The highest BCUT2D eigenvalue weighted by Gasteiger charge is 2.44. The smallest absolute Gasteiger partial charge is 0.419 e. The van der Waals surface area contributed by atoms with Crippen LogP contribution in [-0.4, -0.2) is 79.2 Å². The quantitative estimate of drug-likeness (QED) is 0.184. The van der Waals surface area contributed by atoms with E-state index in [1.165, 1.54) is 25.7 Å². The van der Waals surface area contributed by atoms with E-state index >= 15 is 0 Å². The molecule has 50 heavy (non-hydrogen) atoms. The highest BCUT2D eigenvalue weighted by atomic mass is 16.6. The molecule has 10 heteroatoms. The van der Waals surface area contributed by atoms with Crippen LogP contribution < -0.4 is 0 Å². The van der Waals surface area contributed by atoms with Crippen molar-refractivity contribution in [2.24, 2.45) is 11.8 Å². The van der Waals surface area contributed by atoms with Gasteiger partial charge in [0.05, 0.1) is 0 Å². The number of carbonyl (C=O) groups is 2. The monoisotopic (exact) mass is 695 g/mol.